The van der Waals surface area contributed by atoms with E-state index in [1.807, 2.05) is 4.90 Å². The van der Waals surface area contributed by atoms with E-state index in [2.05, 4.69) is 0 Å². The van der Waals surface area contributed by atoms with Crippen molar-refractivity contribution in [1.29, 1.82) is 0 Å². The number of anilines is 1. The highest BCUT2D eigenvalue weighted by Crippen LogP contribution is 2.30. The predicted molar refractivity (Wildman–Crippen MR) is 88.4 cm³/mol. The summed E-state index contributed by atoms with van der Waals surface area (Å²) in [6, 6.07) is 3.51. The number of hydrogen-bond acceptors (Lipinski definition) is 4. The van der Waals surface area contributed by atoms with Crippen molar-refractivity contribution in [3.05, 3.63) is 34.1 Å². The van der Waals surface area contributed by atoms with Crippen LogP contribution in [0.15, 0.2) is 18.2 Å². The first-order valence-electron chi connectivity index (χ1n) is 8.54. The van der Waals surface area contributed by atoms with Gasteiger partial charge in [-0.05, 0) is 18.9 Å². The number of rotatable bonds is 3. The Morgan fingerprint density at radius 1 is 1.12 bits per heavy atom. The van der Waals surface area contributed by atoms with Crippen LogP contribution >= 0.6 is 0 Å². The molecule has 0 bridgehead atoms. The van der Waals surface area contributed by atoms with Gasteiger partial charge < -0.3 is 9.80 Å². The first-order chi connectivity index (χ1) is 11.6. The minimum Gasteiger partial charge on any atom is -0.362 e. The lowest BCUT2D eigenvalue weighted by atomic mass is 9.88. The monoisotopic (exact) mass is 335 g/mol. The summed E-state index contributed by atoms with van der Waals surface area (Å²) in [5.41, 5.74) is 0.202. The van der Waals surface area contributed by atoms with Gasteiger partial charge in [-0.15, -0.1) is 0 Å². The van der Waals surface area contributed by atoms with Gasteiger partial charge in [0.2, 0.25) is 5.91 Å². The Bertz CT molecular complexity index is 624. The van der Waals surface area contributed by atoms with Crippen LogP contribution in [0.4, 0.5) is 15.8 Å². The molecule has 24 heavy (non-hydrogen) atoms. The Labute approximate surface area is 140 Å². The van der Waals surface area contributed by atoms with Crippen LogP contribution < -0.4 is 4.90 Å². The van der Waals surface area contributed by atoms with Crippen LogP contribution in [0.3, 0.4) is 0 Å². The molecule has 7 heteroatoms. The zero-order chi connectivity index (χ0) is 17.1. The third kappa shape index (κ3) is 3.49. The quantitative estimate of drug-likeness (QED) is 0.629. The van der Waals surface area contributed by atoms with Crippen LogP contribution in [0, 0.1) is 21.8 Å². The predicted octanol–water partition coefficient (Wildman–Crippen LogP) is 2.96. The topological polar surface area (TPSA) is 66.7 Å². The highest BCUT2D eigenvalue weighted by molar-refractivity contribution is 5.79. The fraction of sp³-hybridized carbons (Fsp3) is 0.588. The zero-order valence-electron chi connectivity index (χ0n) is 13.6. The molecule has 1 amide bonds. The van der Waals surface area contributed by atoms with E-state index < -0.39 is 10.7 Å². The molecule has 0 atom stereocenters. The van der Waals surface area contributed by atoms with Crippen LogP contribution in [0.2, 0.25) is 0 Å². The summed E-state index contributed by atoms with van der Waals surface area (Å²) in [6.07, 6.45) is 5.38. The Hall–Kier alpha value is -2.18. The Morgan fingerprint density at radius 2 is 1.79 bits per heavy atom. The highest BCUT2D eigenvalue weighted by Gasteiger charge is 2.30. The Morgan fingerprint density at radius 3 is 2.42 bits per heavy atom. The van der Waals surface area contributed by atoms with E-state index in [1.54, 1.807) is 4.90 Å². The molecule has 0 unspecified atom stereocenters. The lowest BCUT2D eigenvalue weighted by molar-refractivity contribution is -0.384. The SMILES string of the molecule is O=C(C1CCCCC1)N1CCN(c2cc(F)ccc2[N+](=O)[O-])CC1. The average molecular weight is 335 g/mol. The van der Waals surface area contributed by atoms with Crippen molar-refractivity contribution < 1.29 is 14.1 Å². The van der Waals surface area contributed by atoms with Crippen molar-refractivity contribution >= 4 is 17.3 Å². The molecule has 6 nitrogen and oxygen atoms in total. The number of halogens is 1. The maximum atomic E-state index is 13.5. The average Bonchev–Trinajstić information content (AvgIpc) is 2.61. The van der Waals surface area contributed by atoms with Crippen molar-refractivity contribution in [2.45, 2.75) is 32.1 Å². The summed E-state index contributed by atoms with van der Waals surface area (Å²) in [5.74, 6) is -0.145. The van der Waals surface area contributed by atoms with E-state index in [9.17, 15) is 19.3 Å². The number of nitro groups is 1. The van der Waals surface area contributed by atoms with Gasteiger partial charge in [-0.3, -0.25) is 14.9 Å². The second kappa shape index (κ2) is 7.15. The maximum Gasteiger partial charge on any atom is 0.292 e. The molecule has 0 spiro atoms. The molecule has 1 aromatic rings. The molecule has 0 N–H and O–H groups in total. The highest BCUT2D eigenvalue weighted by atomic mass is 19.1. The molecule has 1 aliphatic heterocycles. The number of amides is 1. The fourth-order valence-corrected chi connectivity index (χ4v) is 3.68. The normalized spacial score (nSPS) is 19.4. The van der Waals surface area contributed by atoms with Gasteiger partial charge in [-0.25, -0.2) is 4.39 Å². The van der Waals surface area contributed by atoms with E-state index >= 15 is 0 Å². The van der Waals surface area contributed by atoms with Gasteiger partial charge >= 0.3 is 0 Å². The van der Waals surface area contributed by atoms with Gasteiger partial charge in [0, 0.05) is 44.2 Å². The van der Waals surface area contributed by atoms with Crippen molar-refractivity contribution in [2.24, 2.45) is 5.92 Å². The van der Waals surface area contributed by atoms with Crippen molar-refractivity contribution in [1.82, 2.24) is 4.90 Å². The summed E-state index contributed by atoms with van der Waals surface area (Å²) in [6.45, 7) is 2.04. The van der Waals surface area contributed by atoms with Crippen LogP contribution in [-0.2, 0) is 4.79 Å². The number of nitro benzene ring substituents is 1. The number of nitrogens with zero attached hydrogens (tertiary/aromatic N) is 3. The first-order valence-corrected chi connectivity index (χ1v) is 8.54. The van der Waals surface area contributed by atoms with Gasteiger partial charge in [0.25, 0.3) is 5.69 Å². The molecular weight excluding hydrogens is 313 g/mol. The van der Waals surface area contributed by atoms with Crippen LogP contribution in [0.5, 0.6) is 0 Å². The van der Waals surface area contributed by atoms with Crippen LogP contribution in [0.25, 0.3) is 0 Å². The molecule has 3 rings (SSSR count). The summed E-state index contributed by atoms with van der Waals surface area (Å²) >= 11 is 0. The number of piperazine rings is 1. The summed E-state index contributed by atoms with van der Waals surface area (Å²) in [4.78, 5) is 26.9. The molecule has 0 aromatic heterocycles. The van der Waals surface area contributed by atoms with Gasteiger partial charge in [-0.1, -0.05) is 19.3 Å². The molecule has 1 heterocycles. The maximum absolute atomic E-state index is 13.5. The third-order valence-corrected chi connectivity index (χ3v) is 5.02. The summed E-state index contributed by atoms with van der Waals surface area (Å²) < 4.78 is 13.5. The van der Waals surface area contributed by atoms with E-state index in [-0.39, 0.29) is 17.5 Å². The van der Waals surface area contributed by atoms with Gasteiger partial charge in [0.1, 0.15) is 11.5 Å². The minimum atomic E-state index is -0.492. The van der Waals surface area contributed by atoms with Crippen molar-refractivity contribution in [3.8, 4) is 0 Å². The molecule has 0 radical (unpaired) electrons. The lowest BCUT2D eigenvalue weighted by Crippen LogP contribution is -2.50. The molecule has 1 aliphatic carbocycles. The largest absolute Gasteiger partial charge is 0.362 e. The zero-order valence-corrected chi connectivity index (χ0v) is 13.6. The molecule has 2 fully saturated rings. The molecule has 2 aliphatic rings. The molecule has 130 valence electrons. The minimum absolute atomic E-state index is 0.0940. The molecule has 1 aromatic carbocycles. The number of carbonyl (C=O) groups is 1. The second-order valence-electron chi connectivity index (χ2n) is 6.54. The van der Waals surface area contributed by atoms with E-state index in [0.717, 1.165) is 31.7 Å². The molecule has 1 saturated heterocycles. The Kier molecular flexibility index (Phi) is 4.97. The summed E-state index contributed by atoms with van der Waals surface area (Å²) in [5, 5.41) is 11.1. The van der Waals surface area contributed by atoms with E-state index in [0.29, 0.717) is 31.9 Å². The van der Waals surface area contributed by atoms with Crippen molar-refractivity contribution in [2.75, 3.05) is 31.1 Å². The van der Waals surface area contributed by atoms with Crippen LogP contribution in [0.1, 0.15) is 32.1 Å². The van der Waals surface area contributed by atoms with E-state index in [1.165, 1.54) is 18.6 Å². The smallest absolute Gasteiger partial charge is 0.292 e. The first kappa shape index (κ1) is 16.7. The standard InChI is InChI=1S/C17H22FN3O3/c18-14-6-7-15(21(23)24)16(12-14)19-8-10-20(11-9-19)17(22)13-4-2-1-3-5-13/h6-7,12-13H,1-5,8-11H2. The third-order valence-electron chi connectivity index (χ3n) is 5.02. The summed E-state index contributed by atoms with van der Waals surface area (Å²) in [7, 11) is 0. The second-order valence-corrected chi connectivity index (χ2v) is 6.54. The van der Waals surface area contributed by atoms with Gasteiger partial charge in [0.15, 0.2) is 0 Å². The van der Waals surface area contributed by atoms with E-state index in [4.69, 9.17) is 0 Å². The van der Waals surface area contributed by atoms with Gasteiger partial charge in [0.05, 0.1) is 4.92 Å². The number of carbonyl (C=O) groups excluding carboxylic acids is 1. The molecule has 1 saturated carbocycles. The number of hydrogen-bond donors (Lipinski definition) is 0. The van der Waals surface area contributed by atoms with Gasteiger partial charge in [-0.2, -0.15) is 0 Å². The molecular formula is C17H22FN3O3. The fourth-order valence-electron chi connectivity index (χ4n) is 3.68. The number of benzene rings is 1. The lowest BCUT2D eigenvalue weighted by Gasteiger charge is -2.38. The Balaban J connectivity index is 1.66. The van der Waals surface area contributed by atoms with Crippen molar-refractivity contribution in [3.63, 3.8) is 0 Å². The van der Waals surface area contributed by atoms with Crippen LogP contribution in [-0.4, -0.2) is 41.9 Å².